The summed E-state index contributed by atoms with van der Waals surface area (Å²) in [5.41, 5.74) is 20.6. The highest BCUT2D eigenvalue weighted by Crippen LogP contribution is 2.48. The number of rotatable bonds is 5. The van der Waals surface area contributed by atoms with E-state index in [9.17, 15) is 0 Å². The van der Waals surface area contributed by atoms with Crippen LogP contribution in [-0.2, 0) is 32.5 Å². The average Bonchev–Trinajstić information content (AvgIpc) is 0.870. The van der Waals surface area contributed by atoms with Gasteiger partial charge < -0.3 is 0 Å². The van der Waals surface area contributed by atoms with Crippen LogP contribution in [-0.4, -0.2) is 0 Å². The van der Waals surface area contributed by atoms with E-state index in [-0.39, 0.29) is 32.5 Å². The summed E-state index contributed by atoms with van der Waals surface area (Å²) < 4.78 is 0. The van der Waals surface area contributed by atoms with Gasteiger partial charge in [-0.3, -0.25) is 0 Å². The van der Waals surface area contributed by atoms with Crippen LogP contribution in [0.15, 0.2) is 194 Å². The van der Waals surface area contributed by atoms with E-state index in [0.29, 0.717) is 0 Å². The van der Waals surface area contributed by atoms with Gasteiger partial charge >= 0.3 is 0 Å². The fourth-order valence-corrected chi connectivity index (χ4v) is 12.9. The molecule has 0 heteroatoms. The van der Waals surface area contributed by atoms with Crippen molar-refractivity contribution in [2.24, 2.45) is 0 Å². The van der Waals surface area contributed by atoms with Crippen LogP contribution in [0, 0.1) is 0 Å². The quantitative estimate of drug-likeness (QED) is 0.151. The van der Waals surface area contributed by atoms with Gasteiger partial charge in [0, 0.05) is 0 Å². The van der Waals surface area contributed by atoms with Gasteiger partial charge in [-0.15, -0.1) is 0 Å². The molecule has 0 nitrogen and oxygen atoms in total. The van der Waals surface area contributed by atoms with Gasteiger partial charge in [-0.1, -0.05) is 270 Å². The zero-order valence-corrected chi connectivity index (χ0v) is 53.5. The zero-order valence-electron chi connectivity index (χ0n) is 53.5. The van der Waals surface area contributed by atoms with E-state index in [2.05, 4.69) is 319 Å². The molecule has 12 aromatic rings. The second-order valence-electron chi connectivity index (χ2n) is 30.7. The Hall–Kier alpha value is -7.80. The summed E-state index contributed by atoms with van der Waals surface area (Å²) >= 11 is 0. The Morgan fingerprint density at radius 2 is 0.333 bits per heavy atom. The van der Waals surface area contributed by atoms with E-state index >= 15 is 0 Å². The molecule has 12 aromatic carbocycles. The van der Waals surface area contributed by atoms with Crippen molar-refractivity contribution < 1.29 is 0 Å². The molecule has 0 unspecified atom stereocenters. The fraction of sp³-hybridized carbons (Fsp3) is 0.286. The number of hydrogen-bond donors (Lipinski definition) is 0. The predicted molar refractivity (Wildman–Crippen MR) is 371 cm³/mol. The molecule has 0 spiro atoms. The first-order valence-electron chi connectivity index (χ1n) is 30.8. The lowest BCUT2D eigenvalue weighted by Crippen LogP contribution is -2.11. The molecular weight excluding hydrogens is 1010 g/mol. The molecule has 0 aliphatic rings. The fourth-order valence-electron chi connectivity index (χ4n) is 12.9. The molecule has 84 heavy (non-hydrogen) atoms. The van der Waals surface area contributed by atoms with E-state index < -0.39 is 0 Å². The van der Waals surface area contributed by atoms with Crippen LogP contribution in [0.4, 0.5) is 0 Å². The standard InChI is InChI=1S/C84H86/c1-79(2,3)57-29-19-51(20-30-57)67-47-75-65-41-37-61(83(13,14)15)45-73(65)69(53-23-33-59(34-24-53)81(7,8)9)49-77(75)71-43-55(27-39-63(67)71)56-28-40-64-68(52-21-31-58(32-22-52)80(4,5)6)48-76-66-42-38-62(84(16,17)18)46-74(66)70(50-78(76)72(64)44-56)54-25-35-60(36-26-54)82(10,11)12/h19-50H,1-18H3. The summed E-state index contributed by atoms with van der Waals surface area (Å²) in [7, 11) is 0. The molecule has 0 bridgehead atoms. The highest BCUT2D eigenvalue weighted by molar-refractivity contribution is 6.26. The Bertz CT molecular complexity index is 4260. The van der Waals surface area contributed by atoms with Crippen molar-refractivity contribution in [2.45, 2.75) is 157 Å². The lowest BCUT2D eigenvalue weighted by molar-refractivity contribution is 0.590. The third-order valence-corrected chi connectivity index (χ3v) is 18.4. The van der Waals surface area contributed by atoms with Crippen molar-refractivity contribution >= 4 is 64.6 Å². The summed E-state index contributed by atoms with van der Waals surface area (Å²) in [6.45, 7) is 41.6. The molecule has 12 rings (SSSR count). The molecule has 0 saturated heterocycles. The van der Waals surface area contributed by atoms with E-state index in [0.717, 1.165) is 0 Å². The Morgan fingerprint density at radius 3 is 0.583 bits per heavy atom. The molecule has 0 atom stereocenters. The SMILES string of the molecule is CC(C)(C)c1ccc(-c2cc3c4cc(-c5ccc6c(-c7ccc(C(C)(C)C)cc7)cc7c8ccc(C(C)(C)C)cc8c(-c8ccc(C(C)(C)C)cc8)cc7c6c5)ccc4c(-c4ccc(C(C)(C)C)cc4)cc3c3ccc(C(C)(C)C)cc23)cc1. The Balaban J connectivity index is 1.16. The summed E-state index contributed by atoms with van der Waals surface area (Å²) in [5, 5.41) is 15.2. The maximum absolute atomic E-state index is 2.52. The Kier molecular flexibility index (Phi) is 13.4. The molecule has 0 aliphatic carbocycles. The van der Waals surface area contributed by atoms with E-state index in [1.54, 1.807) is 0 Å². The maximum atomic E-state index is 2.52. The second-order valence-corrected chi connectivity index (χ2v) is 30.7. The molecule has 422 valence electrons. The first-order chi connectivity index (χ1) is 39.4. The average molecular weight is 1100 g/mol. The van der Waals surface area contributed by atoms with Crippen LogP contribution >= 0.6 is 0 Å². The molecular formula is C84H86. The normalized spacial score (nSPS) is 13.1. The van der Waals surface area contributed by atoms with Crippen molar-refractivity contribution in [3.63, 3.8) is 0 Å². The van der Waals surface area contributed by atoms with Crippen LogP contribution in [0.1, 0.15) is 158 Å². The molecule has 0 radical (unpaired) electrons. The van der Waals surface area contributed by atoms with Crippen LogP contribution in [0.25, 0.3) is 120 Å². The third-order valence-electron chi connectivity index (χ3n) is 18.4. The molecule has 0 fully saturated rings. The Labute approximate surface area is 502 Å². The molecule has 0 amide bonds. The highest BCUT2D eigenvalue weighted by atomic mass is 14.3. The van der Waals surface area contributed by atoms with E-state index in [1.165, 1.54) is 154 Å². The minimum absolute atomic E-state index is 0.0141. The van der Waals surface area contributed by atoms with Crippen LogP contribution < -0.4 is 0 Å². The van der Waals surface area contributed by atoms with Crippen molar-refractivity contribution in [3.8, 4) is 55.6 Å². The largest absolute Gasteiger partial charge is 0.0579 e. The monoisotopic (exact) mass is 1090 g/mol. The topological polar surface area (TPSA) is 0 Å². The van der Waals surface area contributed by atoms with Gasteiger partial charge in [0.1, 0.15) is 0 Å². The van der Waals surface area contributed by atoms with Gasteiger partial charge in [-0.05, 0) is 235 Å². The number of benzene rings is 12. The minimum Gasteiger partial charge on any atom is -0.0579 e. The zero-order chi connectivity index (χ0) is 59.8. The van der Waals surface area contributed by atoms with Gasteiger partial charge in [0.15, 0.2) is 0 Å². The van der Waals surface area contributed by atoms with Crippen LogP contribution in [0.2, 0.25) is 0 Å². The smallest absolute Gasteiger partial charge is 0.00921 e. The van der Waals surface area contributed by atoms with Gasteiger partial charge in [-0.2, -0.15) is 0 Å². The summed E-state index contributed by atoms with van der Waals surface area (Å²) in [4.78, 5) is 0. The van der Waals surface area contributed by atoms with Gasteiger partial charge in [-0.25, -0.2) is 0 Å². The molecule has 0 aliphatic heterocycles. The van der Waals surface area contributed by atoms with E-state index in [4.69, 9.17) is 0 Å². The molecule has 0 heterocycles. The predicted octanol–water partition coefficient (Wildman–Crippen LogP) is 24.7. The third kappa shape index (κ3) is 10.3. The highest BCUT2D eigenvalue weighted by Gasteiger charge is 2.24. The first kappa shape index (κ1) is 56.7. The van der Waals surface area contributed by atoms with Crippen molar-refractivity contribution in [3.05, 3.63) is 228 Å². The lowest BCUT2D eigenvalue weighted by atomic mass is 9.81. The van der Waals surface area contributed by atoms with E-state index in [1.807, 2.05) is 0 Å². The molecule has 0 aromatic heterocycles. The van der Waals surface area contributed by atoms with Crippen molar-refractivity contribution in [2.75, 3.05) is 0 Å². The lowest BCUT2D eigenvalue weighted by Gasteiger charge is -2.23. The summed E-state index contributed by atoms with van der Waals surface area (Å²) in [6, 6.07) is 76.7. The van der Waals surface area contributed by atoms with Crippen molar-refractivity contribution in [1.29, 1.82) is 0 Å². The second kappa shape index (κ2) is 19.9. The minimum atomic E-state index is -0.0141. The maximum Gasteiger partial charge on any atom is -0.00921 e. The van der Waals surface area contributed by atoms with Gasteiger partial charge in [0.05, 0.1) is 0 Å². The number of hydrogen-bond acceptors (Lipinski definition) is 0. The summed E-state index contributed by atoms with van der Waals surface area (Å²) in [6.07, 6.45) is 0. The summed E-state index contributed by atoms with van der Waals surface area (Å²) in [5.74, 6) is 0. The molecule has 0 saturated carbocycles. The Morgan fingerprint density at radius 1 is 0.143 bits per heavy atom. The van der Waals surface area contributed by atoms with Gasteiger partial charge in [0.25, 0.3) is 0 Å². The van der Waals surface area contributed by atoms with Crippen LogP contribution in [0.5, 0.6) is 0 Å². The molecule has 0 N–H and O–H groups in total. The van der Waals surface area contributed by atoms with Gasteiger partial charge in [0.2, 0.25) is 0 Å². The van der Waals surface area contributed by atoms with Crippen molar-refractivity contribution in [1.82, 2.24) is 0 Å². The van der Waals surface area contributed by atoms with Crippen LogP contribution in [0.3, 0.4) is 0 Å². The first-order valence-corrected chi connectivity index (χ1v) is 30.8. The number of fused-ring (bicyclic) bond motifs is 10.